The van der Waals surface area contributed by atoms with Gasteiger partial charge in [0.1, 0.15) is 0 Å². The monoisotopic (exact) mass is 459 g/mol. The molecule has 1 atom stereocenters. The van der Waals surface area contributed by atoms with Crippen LogP contribution in [0, 0.1) is 0 Å². The van der Waals surface area contributed by atoms with Gasteiger partial charge in [-0.3, -0.25) is 13.8 Å². The van der Waals surface area contributed by atoms with Crippen LogP contribution >= 0.6 is 0 Å². The molecular weight excluding hydrogens is 430 g/mol. The quantitative estimate of drug-likeness (QED) is 0.302. The first-order chi connectivity index (χ1) is 15.3. The predicted molar refractivity (Wildman–Crippen MR) is 125 cm³/mol. The lowest BCUT2D eigenvalue weighted by Crippen LogP contribution is -2.51. The maximum atomic E-state index is 12.4. The number of carbonyl (C=O) groups excluding carboxylic acids is 2. The van der Waals surface area contributed by atoms with E-state index < -0.39 is 22.7 Å². The van der Waals surface area contributed by atoms with Crippen LogP contribution in [0.2, 0.25) is 0 Å². The van der Waals surface area contributed by atoms with Crippen LogP contribution in [0.3, 0.4) is 0 Å². The van der Waals surface area contributed by atoms with E-state index in [-0.39, 0.29) is 5.91 Å². The standard InChI is InChI=1S/C22H29N5O4S/c1-4-27(5-2,6-3)15-21(28)23-17-7-11-19(12-8-17)25-26-20-13-9-18(10-14-20)24-22(29)16-32(30)31/h7-14H,4-6,15-16H2,1-3H3,(H2-,23,24,25,26,28,29,30,31). The minimum absolute atomic E-state index is 0.0152. The number of nitrogens with one attached hydrogen (secondary N) is 2. The van der Waals surface area contributed by atoms with Gasteiger partial charge in [-0.25, -0.2) is 0 Å². The molecule has 2 aromatic rings. The highest BCUT2D eigenvalue weighted by Gasteiger charge is 2.24. The second-order valence-corrected chi connectivity index (χ2v) is 8.18. The van der Waals surface area contributed by atoms with Crippen molar-refractivity contribution in [1.82, 2.24) is 0 Å². The Morgan fingerprint density at radius 2 is 1.22 bits per heavy atom. The van der Waals surface area contributed by atoms with Crippen LogP contribution < -0.4 is 10.6 Å². The Morgan fingerprint density at radius 1 is 0.812 bits per heavy atom. The molecule has 0 aliphatic rings. The molecule has 0 aromatic heterocycles. The summed E-state index contributed by atoms with van der Waals surface area (Å²) in [6, 6.07) is 13.6. The molecule has 2 aromatic carbocycles. The number of hydrogen-bond acceptors (Lipinski definition) is 6. The first kappa shape index (κ1) is 25.3. The van der Waals surface area contributed by atoms with Gasteiger partial charge in [0.05, 0.1) is 36.8 Å². The number of anilines is 2. The van der Waals surface area contributed by atoms with Crippen molar-refractivity contribution in [2.45, 2.75) is 20.8 Å². The third kappa shape index (κ3) is 7.95. The van der Waals surface area contributed by atoms with E-state index in [1.165, 1.54) is 0 Å². The SMILES string of the molecule is CC[N+](CC)(CC)CC(=O)Nc1ccc(N=Nc2ccc(NC(=O)CS(=O)[O-])cc2)cc1. The van der Waals surface area contributed by atoms with Gasteiger partial charge in [0.25, 0.3) is 5.91 Å². The molecule has 1 unspecified atom stereocenters. The summed E-state index contributed by atoms with van der Waals surface area (Å²) in [6.07, 6.45) is 0. The van der Waals surface area contributed by atoms with Gasteiger partial charge in [-0.2, -0.15) is 10.2 Å². The lowest BCUT2D eigenvalue weighted by atomic mass is 10.2. The molecule has 2 rings (SSSR count). The lowest BCUT2D eigenvalue weighted by molar-refractivity contribution is -0.915. The van der Waals surface area contributed by atoms with Crippen molar-refractivity contribution in [2.75, 3.05) is 42.6 Å². The van der Waals surface area contributed by atoms with E-state index in [4.69, 9.17) is 0 Å². The van der Waals surface area contributed by atoms with E-state index in [0.717, 1.165) is 24.1 Å². The third-order valence-electron chi connectivity index (χ3n) is 5.32. The summed E-state index contributed by atoms with van der Waals surface area (Å²) in [5.74, 6) is -1.21. The van der Waals surface area contributed by atoms with Gasteiger partial charge in [0.15, 0.2) is 6.54 Å². The van der Waals surface area contributed by atoms with Crippen molar-refractivity contribution in [2.24, 2.45) is 10.2 Å². The number of rotatable bonds is 11. The fraction of sp³-hybridized carbons (Fsp3) is 0.364. The summed E-state index contributed by atoms with van der Waals surface area (Å²) in [6.45, 7) is 9.47. The molecule has 0 aliphatic carbocycles. The van der Waals surface area contributed by atoms with Crippen LogP contribution in [0.4, 0.5) is 22.7 Å². The summed E-state index contributed by atoms with van der Waals surface area (Å²) in [4.78, 5) is 23.9. The largest absolute Gasteiger partial charge is 0.772 e. The van der Waals surface area contributed by atoms with Crippen molar-refractivity contribution in [3.05, 3.63) is 48.5 Å². The highest BCUT2D eigenvalue weighted by Crippen LogP contribution is 2.22. The predicted octanol–water partition coefficient (Wildman–Crippen LogP) is 3.73. The number of amides is 2. The zero-order valence-corrected chi connectivity index (χ0v) is 19.4. The van der Waals surface area contributed by atoms with Crippen molar-refractivity contribution in [3.63, 3.8) is 0 Å². The molecule has 0 bridgehead atoms. The molecule has 32 heavy (non-hydrogen) atoms. The third-order valence-corrected chi connectivity index (χ3v) is 5.82. The van der Waals surface area contributed by atoms with Gasteiger partial charge >= 0.3 is 0 Å². The number of quaternary nitrogens is 1. The minimum atomic E-state index is -2.43. The number of likely N-dealkylation sites (N-methyl/N-ethyl adjacent to an activating group) is 1. The topological polar surface area (TPSA) is 123 Å². The molecule has 0 saturated heterocycles. The van der Waals surface area contributed by atoms with Crippen LogP contribution in [-0.4, -0.2) is 57.0 Å². The first-order valence-electron chi connectivity index (χ1n) is 10.4. The van der Waals surface area contributed by atoms with Crippen LogP contribution in [0.1, 0.15) is 20.8 Å². The number of benzene rings is 2. The van der Waals surface area contributed by atoms with Crippen LogP contribution in [0.15, 0.2) is 58.8 Å². The van der Waals surface area contributed by atoms with E-state index in [2.05, 4.69) is 41.6 Å². The van der Waals surface area contributed by atoms with E-state index in [1.54, 1.807) is 48.5 Å². The molecule has 0 saturated carbocycles. The number of carbonyl (C=O) groups is 2. The van der Waals surface area contributed by atoms with Crippen molar-refractivity contribution >= 4 is 45.6 Å². The average molecular weight is 460 g/mol. The Hall–Kier alpha value is -2.95. The van der Waals surface area contributed by atoms with Crippen LogP contribution in [0.25, 0.3) is 0 Å². The Balaban J connectivity index is 1.92. The van der Waals surface area contributed by atoms with E-state index in [9.17, 15) is 18.4 Å². The summed E-state index contributed by atoms with van der Waals surface area (Å²) in [5.41, 5.74) is 2.37. The number of azo groups is 1. The molecule has 172 valence electrons. The molecule has 0 fully saturated rings. The van der Waals surface area contributed by atoms with E-state index in [1.807, 2.05) is 0 Å². The number of hydrogen-bond donors (Lipinski definition) is 2. The second kappa shape index (κ2) is 12.2. The number of nitrogens with zero attached hydrogens (tertiary/aromatic N) is 3. The van der Waals surface area contributed by atoms with Crippen molar-refractivity contribution in [1.29, 1.82) is 0 Å². The zero-order chi connectivity index (χ0) is 23.6. The Labute approximate surface area is 190 Å². The fourth-order valence-electron chi connectivity index (χ4n) is 3.15. The maximum absolute atomic E-state index is 12.4. The summed E-state index contributed by atoms with van der Waals surface area (Å²) in [5, 5.41) is 13.7. The van der Waals surface area contributed by atoms with Gasteiger partial charge in [0.2, 0.25) is 5.91 Å². The molecule has 9 nitrogen and oxygen atoms in total. The Kier molecular flexibility index (Phi) is 9.63. The van der Waals surface area contributed by atoms with Gasteiger partial charge in [-0.15, -0.1) is 0 Å². The van der Waals surface area contributed by atoms with Crippen LogP contribution in [0.5, 0.6) is 0 Å². The summed E-state index contributed by atoms with van der Waals surface area (Å²) in [7, 11) is 0. The van der Waals surface area contributed by atoms with Crippen molar-refractivity contribution < 1.29 is 22.8 Å². The van der Waals surface area contributed by atoms with Crippen molar-refractivity contribution in [3.8, 4) is 0 Å². The lowest BCUT2D eigenvalue weighted by Gasteiger charge is -2.34. The minimum Gasteiger partial charge on any atom is -0.772 e. The second-order valence-electron chi connectivity index (χ2n) is 7.29. The molecule has 0 radical (unpaired) electrons. The van der Waals surface area contributed by atoms with Gasteiger partial charge in [0, 0.05) is 11.4 Å². The summed E-state index contributed by atoms with van der Waals surface area (Å²) < 4.78 is 21.8. The maximum Gasteiger partial charge on any atom is 0.279 e. The molecular formula is C22H29N5O4S. The normalized spacial score (nSPS) is 12.5. The zero-order valence-electron chi connectivity index (χ0n) is 18.5. The van der Waals surface area contributed by atoms with Gasteiger partial charge in [-0.05, 0) is 80.4 Å². The highest BCUT2D eigenvalue weighted by atomic mass is 32.2. The van der Waals surface area contributed by atoms with E-state index in [0.29, 0.717) is 29.3 Å². The van der Waals surface area contributed by atoms with Gasteiger partial charge in [-0.1, -0.05) is 0 Å². The molecule has 0 spiro atoms. The smallest absolute Gasteiger partial charge is 0.279 e. The fourth-order valence-corrected chi connectivity index (χ4v) is 3.44. The highest BCUT2D eigenvalue weighted by molar-refractivity contribution is 7.79. The molecule has 2 N–H and O–H groups in total. The molecule has 10 heteroatoms. The molecule has 0 heterocycles. The molecule has 2 amide bonds. The Morgan fingerprint density at radius 3 is 1.59 bits per heavy atom. The van der Waals surface area contributed by atoms with Gasteiger partial charge < -0.3 is 19.7 Å². The van der Waals surface area contributed by atoms with E-state index >= 15 is 0 Å². The summed E-state index contributed by atoms with van der Waals surface area (Å²) >= 11 is -2.43. The first-order valence-corrected chi connectivity index (χ1v) is 11.7. The Bertz CT molecular complexity index is 949. The average Bonchev–Trinajstić information content (AvgIpc) is 2.77. The molecule has 0 aliphatic heterocycles. The van der Waals surface area contributed by atoms with Crippen LogP contribution in [-0.2, 0) is 20.7 Å².